The van der Waals surface area contributed by atoms with Crippen molar-refractivity contribution < 1.29 is 8.78 Å². The van der Waals surface area contributed by atoms with Gasteiger partial charge in [0.15, 0.2) is 0 Å². The van der Waals surface area contributed by atoms with Crippen LogP contribution in [-0.2, 0) is 0 Å². The van der Waals surface area contributed by atoms with Crippen molar-refractivity contribution in [3.63, 3.8) is 0 Å². The summed E-state index contributed by atoms with van der Waals surface area (Å²) in [5.41, 5.74) is 7.69. The Morgan fingerprint density at radius 2 is 1.95 bits per heavy atom. The predicted molar refractivity (Wildman–Crippen MR) is 78.0 cm³/mol. The second-order valence-electron chi connectivity index (χ2n) is 4.56. The van der Waals surface area contributed by atoms with Gasteiger partial charge in [-0.3, -0.25) is 0 Å². The molecule has 0 saturated heterocycles. The molecular formula is C15H15ClF2N2. The Hall–Kier alpha value is -1.65. The van der Waals surface area contributed by atoms with E-state index in [1.807, 2.05) is 19.1 Å². The lowest BCUT2D eigenvalue weighted by Crippen LogP contribution is -2.21. The monoisotopic (exact) mass is 296 g/mol. The van der Waals surface area contributed by atoms with Crippen LogP contribution in [-0.4, -0.2) is 6.54 Å². The van der Waals surface area contributed by atoms with E-state index in [9.17, 15) is 8.78 Å². The summed E-state index contributed by atoms with van der Waals surface area (Å²) in [6.45, 7) is 2.07. The standard InChI is InChI=1S/C15H15ClF2N2/c1-9-2-4-11(7-13(9)16)20-15(8-19)12-5-3-10(17)6-14(12)18/h2-7,15,20H,8,19H2,1H3. The Morgan fingerprint density at radius 1 is 1.20 bits per heavy atom. The highest BCUT2D eigenvalue weighted by Gasteiger charge is 2.15. The molecular weight excluding hydrogens is 282 g/mol. The molecule has 0 aromatic heterocycles. The van der Waals surface area contributed by atoms with Crippen LogP contribution >= 0.6 is 11.6 Å². The smallest absolute Gasteiger partial charge is 0.131 e. The molecule has 0 radical (unpaired) electrons. The van der Waals surface area contributed by atoms with Crippen molar-refractivity contribution >= 4 is 17.3 Å². The fraction of sp³-hybridized carbons (Fsp3) is 0.200. The SMILES string of the molecule is Cc1ccc(NC(CN)c2ccc(F)cc2F)cc1Cl. The number of benzene rings is 2. The molecule has 2 nitrogen and oxygen atoms in total. The number of hydrogen-bond donors (Lipinski definition) is 2. The quantitative estimate of drug-likeness (QED) is 0.893. The average molecular weight is 297 g/mol. The van der Waals surface area contributed by atoms with E-state index in [1.54, 1.807) is 6.07 Å². The number of hydrogen-bond acceptors (Lipinski definition) is 2. The van der Waals surface area contributed by atoms with Crippen molar-refractivity contribution in [1.29, 1.82) is 0 Å². The first-order valence-electron chi connectivity index (χ1n) is 6.19. The molecule has 0 aliphatic carbocycles. The normalized spacial score (nSPS) is 12.2. The van der Waals surface area contributed by atoms with E-state index in [1.165, 1.54) is 12.1 Å². The third-order valence-corrected chi connectivity index (χ3v) is 3.49. The zero-order valence-electron chi connectivity index (χ0n) is 11.0. The number of aryl methyl sites for hydroxylation is 1. The van der Waals surface area contributed by atoms with E-state index in [2.05, 4.69) is 5.32 Å². The zero-order chi connectivity index (χ0) is 14.7. The highest BCUT2D eigenvalue weighted by molar-refractivity contribution is 6.31. The Labute approximate surface area is 121 Å². The van der Waals surface area contributed by atoms with Gasteiger partial charge in [-0.15, -0.1) is 0 Å². The summed E-state index contributed by atoms with van der Waals surface area (Å²) in [7, 11) is 0. The molecule has 0 aliphatic heterocycles. The molecule has 0 heterocycles. The molecule has 0 aliphatic rings. The van der Waals surface area contributed by atoms with Gasteiger partial charge in [-0.1, -0.05) is 23.7 Å². The minimum absolute atomic E-state index is 0.175. The Morgan fingerprint density at radius 3 is 2.55 bits per heavy atom. The van der Waals surface area contributed by atoms with Crippen LogP contribution in [0.5, 0.6) is 0 Å². The zero-order valence-corrected chi connectivity index (χ0v) is 11.7. The van der Waals surface area contributed by atoms with E-state index in [4.69, 9.17) is 17.3 Å². The average Bonchev–Trinajstić information content (AvgIpc) is 2.41. The van der Waals surface area contributed by atoms with Gasteiger partial charge in [0.1, 0.15) is 11.6 Å². The van der Waals surface area contributed by atoms with E-state index in [-0.39, 0.29) is 6.54 Å². The van der Waals surface area contributed by atoms with E-state index in [0.29, 0.717) is 10.6 Å². The highest BCUT2D eigenvalue weighted by Crippen LogP contribution is 2.25. The summed E-state index contributed by atoms with van der Waals surface area (Å²) in [5, 5.41) is 3.72. The number of nitrogens with one attached hydrogen (secondary N) is 1. The van der Waals surface area contributed by atoms with Crippen LogP contribution in [0.3, 0.4) is 0 Å². The second kappa shape index (κ2) is 6.20. The van der Waals surface area contributed by atoms with Crippen molar-refractivity contribution in [1.82, 2.24) is 0 Å². The van der Waals surface area contributed by atoms with Gasteiger partial charge < -0.3 is 11.1 Å². The van der Waals surface area contributed by atoms with Crippen LogP contribution in [0.15, 0.2) is 36.4 Å². The van der Waals surface area contributed by atoms with Crippen LogP contribution in [0.2, 0.25) is 5.02 Å². The molecule has 1 unspecified atom stereocenters. The van der Waals surface area contributed by atoms with Crippen LogP contribution in [0.1, 0.15) is 17.2 Å². The van der Waals surface area contributed by atoms with E-state index < -0.39 is 17.7 Å². The molecule has 5 heteroatoms. The molecule has 0 spiro atoms. The highest BCUT2D eigenvalue weighted by atomic mass is 35.5. The molecule has 20 heavy (non-hydrogen) atoms. The summed E-state index contributed by atoms with van der Waals surface area (Å²) in [4.78, 5) is 0. The van der Waals surface area contributed by atoms with Crippen LogP contribution in [0.4, 0.5) is 14.5 Å². The van der Waals surface area contributed by atoms with Gasteiger partial charge in [0, 0.05) is 28.9 Å². The van der Waals surface area contributed by atoms with Crippen molar-refractivity contribution in [3.05, 3.63) is 64.2 Å². The van der Waals surface area contributed by atoms with Crippen molar-refractivity contribution in [3.8, 4) is 0 Å². The van der Waals surface area contributed by atoms with Gasteiger partial charge in [0.25, 0.3) is 0 Å². The first kappa shape index (κ1) is 14.8. The number of nitrogens with two attached hydrogens (primary N) is 1. The maximum atomic E-state index is 13.8. The molecule has 3 N–H and O–H groups in total. The fourth-order valence-electron chi connectivity index (χ4n) is 1.93. The maximum absolute atomic E-state index is 13.8. The van der Waals surface area contributed by atoms with Crippen molar-refractivity contribution in [2.75, 3.05) is 11.9 Å². The lowest BCUT2D eigenvalue weighted by Gasteiger charge is -2.19. The van der Waals surface area contributed by atoms with Crippen LogP contribution in [0, 0.1) is 18.6 Å². The number of anilines is 1. The molecule has 0 fully saturated rings. The van der Waals surface area contributed by atoms with E-state index in [0.717, 1.165) is 17.3 Å². The first-order valence-corrected chi connectivity index (χ1v) is 6.56. The third-order valence-electron chi connectivity index (χ3n) is 3.09. The topological polar surface area (TPSA) is 38.0 Å². The minimum Gasteiger partial charge on any atom is -0.377 e. The van der Waals surface area contributed by atoms with Gasteiger partial charge in [0.05, 0.1) is 6.04 Å². The van der Waals surface area contributed by atoms with Crippen molar-refractivity contribution in [2.24, 2.45) is 5.73 Å². The van der Waals surface area contributed by atoms with E-state index >= 15 is 0 Å². The predicted octanol–water partition coefficient (Wildman–Crippen LogP) is 4.04. The summed E-state index contributed by atoms with van der Waals surface area (Å²) in [6, 6.07) is 8.46. The summed E-state index contributed by atoms with van der Waals surface area (Å²) < 4.78 is 26.7. The Balaban J connectivity index is 2.26. The Bertz CT molecular complexity index is 617. The molecule has 2 aromatic rings. The third kappa shape index (κ3) is 3.26. The molecule has 0 bridgehead atoms. The minimum atomic E-state index is -0.619. The maximum Gasteiger partial charge on any atom is 0.131 e. The molecule has 2 aromatic carbocycles. The molecule has 0 saturated carbocycles. The first-order chi connectivity index (χ1) is 9.51. The second-order valence-corrected chi connectivity index (χ2v) is 4.97. The van der Waals surface area contributed by atoms with Crippen LogP contribution < -0.4 is 11.1 Å². The lowest BCUT2D eigenvalue weighted by atomic mass is 10.1. The largest absolute Gasteiger partial charge is 0.377 e. The molecule has 2 rings (SSSR count). The fourth-order valence-corrected chi connectivity index (χ4v) is 2.11. The molecule has 0 amide bonds. The summed E-state index contributed by atoms with van der Waals surface area (Å²) >= 11 is 6.04. The number of halogens is 3. The molecule has 106 valence electrons. The summed E-state index contributed by atoms with van der Waals surface area (Å²) in [6.07, 6.45) is 0. The van der Waals surface area contributed by atoms with Gasteiger partial charge >= 0.3 is 0 Å². The van der Waals surface area contributed by atoms with Gasteiger partial charge in [-0.25, -0.2) is 8.78 Å². The number of rotatable bonds is 4. The van der Waals surface area contributed by atoms with Crippen molar-refractivity contribution in [2.45, 2.75) is 13.0 Å². The van der Waals surface area contributed by atoms with Crippen LogP contribution in [0.25, 0.3) is 0 Å². The van der Waals surface area contributed by atoms with Gasteiger partial charge in [-0.2, -0.15) is 0 Å². The summed E-state index contributed by atoms with van der Waals surface area (Å²) in [5.74, 6) is -1.23. The van der Waals surface area contributed by atoms with Gasteiger partial charge in [-0.05, 0) is 30.7 Å². The molecule has 1 atom stereocenters. The van der Waals surface area contributed by atoms with Gasteiger partial charge in [0.2, 0.25) is 0 Å². The lowest BCUT2D eigenvalue weighted by molar-refractivity contribution is 0.562. The Kier molecular flexibility index (Phi) is 4.57.